The van der Waals surface area contributed by atoms with E-state index in [9.17, 15) is 8.42 Å². The summed E-state index contributed by atoms with van der Waals surface area (Å²) in [5, 5.41) is 2.61. The molecule has 0 bridgehead atoms. The van der Waals surface area contributed by atoms with Crippen molar-refractivity contribution in [1.29, 1.82) is 0 Å². The van der Waals surface area contributed by atoms with Gasteiger partial charge in [0.2, 0.25) is 10.0 Å². The largest absolute Gasteiger partial charge is 0.318 e. The average Bonchev–Trinajstić information content (AvgIpc) is 2.75. The molecule has 0 aliphatic carbocycles. The Labute approximate surface area is 111 Å². The molecule has 2 heterocycles. The first-order valence-electron chi connectivity index (χ1n) is 6.86. The number of nitrogens with one attached hydrogen (secondary N) is 1. The molecule has 2 aliphatic heterocycles. The lowest BCUT2D eigenvalue weighted by atomic mass is 10.1. The Bertz CT molecular complexity index is 385. The topological polar surface area (TPSA) is 52.7 Å². The molecule has 2 fully saturated rings. The average molecular weight is 275 g/mol. The zero-order chi connectivity index (χ0) is 13.3. The van der Waals surface area contributed by atoms with Gasteiger partial charge >= 0.3 is 0 Å². The van der Waals surface area contributed by atoms with Gasteiger partial charge in [0.05, 0.1) is 5.25 Å². The van der Waals surface area contributed by atoms with Crippen LogP contribution in [0.3, 0.4) is 0 Å². The Morgan fingerprint density at radius 1 is 1.39 bits per heavy atom. The second-order valence-corrected chi connectivity index (χ2v) is 7.93. The minimum absolute atomic E-state index is 0.101. The van der Waals surface area contributed by atoms with E-state index < -0.39 is 10.0 Å². The third-order valence-corrected chi connectivity index (χ3v) is 6.55. The summed E-state index contributed by atoms with van der Waals surface area (Å²) in [5.41, 5.74) is 0. The van der Waals surface area contributed by atoms with Crippen molar-refractivity contribution in [2.75, 3.05) is 33.2 Å². The number of hydrogen-bond acceptors (Lipinski definition) is 4. The van der Waals surface area contributed by atoms with E-state index in [1.54, 1.807) is 18.3 Å². The highest BCUT2D eigenvalue weighted by atomic mass is 32.2. The summed E-state index contributed by atoms with van der Waals surface area (Å²) in [6, 6.07) is 0.543. The lowest BCUT2D eigenvalue weighted by molar-refractivity contribution is 0.116. The zero-order valence-corrected chi connectivity index (χ0v) is 12.4. The molecular formula is C12H25N3O2S. The van der Waals surface area contributed by atoms with Crippen molar-refractivity contribution in [3.63, 3.8) is 0 Å². The predicted molar refractivity (Wildman–Crippen MR) is 73.1 cm³/mol. The van der Waals surface area contributed by atoms with Crippen molar-refractivity contribution in [3.8, 4) is 0 Å². The van der Waals surface area contributed by atoms with Gasteiger partial charge in [-0.3, -0.25) is 4.90 Å². The van der Waals surface area contributed by atoms with Crippen molar-refractivity contribution in [1.82, 2.24) is 14.5 Å². The first kappa shape index (κ1) is 14.2. The molecule has 0 aromatic heterocycles. The molecule has 3 unspecified atom stereocenters. The summed E-state index contributed by atoms with van der Waals surface area (Å²) in [6.45, 7) is 7.03. The van der Waals surface area contributed by atoms with Gasteiger partial charge in [0.25, 0.3) is 0 Å². The van der Waals surface area contributed by atoms with Gasteiger partial charge < -0.3 is 5.32 Å². The van der Waals surface area contributed by atoms with Crippen LogP contribution in [0, 0.1) is 0 Å². The van der Waals surface area contributed by atoms with Crippen LogP contribution in [0.5, 0.6) is 0 Å². The standard InChI is InChI=1S/C12H25N3O2S/c1-10-8-14-6-4-5-12(14)9-15(10)18(16,17)11(2)7-13-3/h10-13H,4-9H2,1-3H3. The maximum absolute atomic E-state index is 12.5. The second-order valence-electron chi connectivity index (χ2n) is 5.62. The molecule has 0 radical (unpaired) electrons. The van der Waals surface area contributed by atoms with E-state index in [1.807, 2.05) is 6.92 Å². The Morgan fingerprint density at radius 2 is 2.11 bits per heavy atom. The van der Waals surface area contributed by atoms with Crippen molar-refractivity contribution in [2.24, 2.45) is 0 Å². The molecule has 2 saturated heterocycles. The monoisotopic (exact) mass is 275 g/mol. The van der Waals surface area contributed by atoms with Gasteiger partial charge in [-0.1, -0.05) is 0 Å². The van der Waals surface area contributed by atoms with E-state index in [0.29, 0.717) is 19.1 Å². The van der Waals surface area contributed by atoms with E-state index in [0.717, 1.165) is 19.5 Å². The smallest absolute Gasteiger partial charge is 0.218 e. The van der Waals surface area contributed by atoms with Crippen LogP contribution in [-0.2, 0) is 10.0 Å². The molecule has 5 nitrogen and oxygen atoms in total. The second kappa shape index (κ2) is 5.45. The summed E-state index contributed by atoms with van der Waals surface area (Å²) in [4.78, 5) is 2.44. The van der Waals surface area contributed by atoms with Gasteiger partial charge in [0.1, 0.15) is 0 Å². The van der Waals surface area contributed by atoms with Crippen LogP contribution in [0.15, 0.2) is 0 Å². The van der Waals surface area contributed by atoms with Crippen molar-refractivity contribution < 1.29 is 8.42 Å². The SMILES string of the molecule is CNCC(C)S(=O)(=O)N1CC2CCCN2CC1C. The Balaban J connectivity index is 2.12. The minimum Gasteiger partial charge on any atom is -0.318 e. The van der Waals surface area contributed by atoms with Crippen LogP contribution in [-0.4, -0.2) is 68.2 Å². The number of piperazine rings is 1. The molecule has 0 aromatic carbocycles. The third-order valence-electron chi connectivity index (χ3n) is 4.21. The zero-order valence-electron chi connectivity index (χ0n) is 11.6. The highest BCUT2D eigenvalue weighted by Crippen LogP contribution is 2.27. The Morgan fingerprint density at radius 3 is 2.78 bits per heavy atom. The van der Waals surface area contributed by atoms with Crippen LogP contribution in [0.4, 0.5) is 0 Å². The number of fused-ring (bicyclic) bond motifs is 1. The Kier molecular flexibility index (Phi) is 4.31. The summed E-state index contributed by atoms with van der Waals surface area (Å²) in [5.74, 6) is 0. The van der Waals surface area contributed by atoms with Crippen LogP contribution in [0.1, 0.15) is 26.7 Å². The molecule has 0 spiro atoms. The summed E-state index contributed by atoms with van der Waals surface area (Å²) in [6.07, 6.45) is 2.34. The highest BCUT2D eigenvalue weighted by molar-refractivity contribution is 7.89. The van der Waals surface area contributed by atoms with E-state index in [4.69, 9.17) is 0 Å². The normalized spacial score (nSPS) is 32.4. The first-order chi connectivity index (χ1) is 8.46. The molecule has 106 valence electrons. The van der Waals surface area contributed by atoms with Crippen LogP contribution < -0.4 is 5.32 Å². The predicted octanol–water partition coefficient (Wildman–Crippen LogP) is 0.0926. The maximum atomic E-state index is 12.5. The lowest BCUT2D eigenvalue weighted by Gasteiger charge is -2.42. The molecule has 0 saturated carbocycles. The molecule has 6 heteroatoms. The first-order valence-corrected chi connectivity index (χ1v) is 8.36. The van der Waals surface area contributed by atoms with Gasteiger partial charge in [-0.15, -0.1) is 0 Å². The fourth-order valence-corrected chi connectivity index (χ4v) is 4.93. The molecule has 3 atom stereocenters. The fraction of sp³-hybridized carbons (Fsp3) is 1.00. The number of hydrogen-bond donors (Lipinski definition) is 1. The fourth-order valence-electron chi connectivity index (χ4n) is 3.14. The lowest BCUT2D eigenvalue weighted by Crippen LogP contribution is -2.58. The van der Waals surface area contributed by atoms with E-state index >= 15 is 0 Å². The number of rotatable bonds is 4. The van der Waals surface area contributed by atoms with Crippen LogP contribution in [0.2, 0.25) is 0 Å². The van der Waals surface area contributed by atoms with Crippen molar-refractivity contribution in [3.05, 3.63) is 0 Å². The van der Waals surface area contributed by atoms with Crippen molar-refractivity contribution >= 4 is 10.0 Å². The van der Waals surface area contributed by atoms with Gasteiger partial charge in [-0.25, -0.2) is 8.42 Å². The third kappa shape index (κ3) is 2.57. The van der Waals surface area contributed by atoms with Crippen LogP contribution >= 0.6 is 0 Å². The van der Waals surface area contributed by atoms with Crippen LogP contribution in [0.25, 0.3) is 0 Å². The summed E-state index contributed by atoms with van der Waals surface area (Å²) in [7, 11) is -1.37. The van der Waals surface area contributed by atoms with E-state index in [1.165, 1.54) is 6.42 Å². The molecule has 18 heavy (non-hydrogen) atoms. The van der Waals surface area contributed by atoms with Gasteiger partial charge in [0, 0.05) is 31.7 Å². The van der Waals surface area contributed by atoms with E-state index in [2.05, 4.69) is 10.2 Å². The number of sulfonamides is 1. The molecule has 1 N–H and O–H groups in total. The van der Waals surface area contributed by atoms with E-state index in [-0.39, 0.29) is 11.3 Å². The quantitative estimate of drug-likeness (QED) is 0.790. The maximum Gasteiger partial charge on any atom is 0.218 e. The number of nitrogens with zero attached hydrogens (tertiary/aromatic N) is 2. The van der Waals surface area contributed by atoms with Gasteiger partial charge in [-0.2, -0.15) is 4.31 Å². The van der Waals surface area contributed by atoms with Crippen molar-refractivity contribution in [2.45, 2.75) is 44.0 Å². The molecule has 2 rings (SSSR count). The molecule has 0 amide bonds. The highest BCUT2D eigenvalue weighted by Gasteiger charge is 2.41. The van der Waals surface area contributed by atoms with Gasteiger partial charge in [-0.05, 0) is 40.3 Å². The Hall–Kier alpha value is -0.170. The molecule has 2 aliphatic rings. The summed E-state index contributed by atoms with van der Waals surface area (Å²) < 4.78 is 26.8. The van der Waals surface area contributed by atoms with Gasteiger partial charge in [0.15, 0.2) is 0 Å². The molecular weight excluding hydrogens is 250 g/mol. The molecule has 0 aromatic rings. The summed E-state index contributed by atoms with van der Waals surface area (Å²) >= 11 is 0. The minimum atomic E-state index is -3.17.